The summed E-state index contributed by atoms with van der Waals surface area (Å²) in [4.78, 5) is 28.3. The molecule has 2 aromatic heterocycles. The first-order chi connectivity index (χ1) is 14.4. The van der Waals surface area contributed by atoms with E-state index < -0.39 is 6.04 Å². The van der Waals surface area contributed by atoms with Crippen molar-refractivity contribution in [1.82, 2.24) is 4.90 Å². The molecule has 150 valence electrons. The van der Waals surface area contributed by atoms with Gasteiger partial charge < -0.3 is 13.7 Å². The average Bonchev–Trinajstić information content (AvgIpc) is 3.33. The van der Waals surface area contributed by atoms with Crippen molar-refractivity contribution in [2.45, 2.75) is 12.6 Å². The molecule has 0 fully saturated rings. The lowest BCUT2D eigenvalue weighted by Crippen LogP contribution is -2.29. The minimum Gasteiger partial charge on any atom is -0.467 e. The zero-order valence-corrected chi connectivity index (χ0v) is 18.3. The number of benzene rings is 2. The third kappa shape index (κ3) is 3.07. The topological polar surface area (TPSA) is 63.7 Å². The lowest BCUT2D eigenvalue weighted by Gasteiger charge is -2.24. The first-order valence-corrected chi connectivity index (χ1v) is 10.5. The van der Waals surface area contributed by atoms with Crippen LogP contribution < -0.4 is 5.43 Å². The third-order valence-electron chi connectivity index (χ3n) is 5.09. The summed E-state index contributed by atoms with van der Waals surface area (Å²) in [5, 5.41) is 1.11. The molecule has 4 aromatic rings. The normalized spacial score (nSPS) is 15.8. The summed E-state index contributed by atoms with van der Waals surface area (Å²) in [5.41, 5.74) is 1.02. The highest BCUT2D eigenvalue weighted by Gasteiger charge is 2.43. The van der Waals surface area contributed by atoms with Crippen molar-refractivity contribution >= 4 is 56.0 Å². The third-order valence-corrected chi connectivity index (χ3v) is 6.33. The molecule has 0 saturated heterocycles. The van der Waals surface area contributed by atoms with Gasteiger partial charge in [0.15, 0.2) is 5.43 Å². The molecule has 3 heterocycles. The molecule has 5 rings (SSSR count). The molecule has 1 amide bonds. The van der Waals surface area contributed by atoms with Crippen LogP contribution in [0.3, 0.4) is 0 Å². The van der Waals surface area contributed by atoms with Crippen LogP contribution in [0.4, 0.5) is 0 Å². The number of carbonyl (C=O) groups is 1. The van der Waals surface area contributed by atoms with Gasteiger partial charge in [0.2, 0.25) is 5.76 Å². The molecule has 0 N–H and O–H groups in total. The van der Waals surface area contributed by atoms with Crippen LogP contribution in [-0.2, 0) is 6.54 Å². The molecule has 5 nitrogen and oxygen atoms in total. The van der Waals surface area contributed by atoms with Gasteiger partial charge in [-0.05, 0) is 48.0 Å². The van der Waals surface area contributed by atoms with Gasteiger partial charge in [0, 0.05) is 4.47 Å². The highest BCUT2D eigenvalue weighted by Crippen LogP contribution is 2.40. The Bertz CT molecular complexity index is 1360. The molecular formula is C22H12BrCl2NO4. The number of halogens is 3. The molecule has 0 aliphatic carbocycles. The fourth-order valence-corrected chi connectivity index (χ4v) is 4.42. The molecule has 0 bridgehead atoms. The van der Waals surface area contributed by atoms with Crippen LogP contribution in [0.1, 0.15) is 33.5 Å². The monoisotopic (exact) mass is 503 g/mol. The van der Waals surface area contributed by atoms with E-state index in [9.17, 15) is 9.59 Å². The van der Waals surface area contributed by atoms with Crippen LogP contribution in [0.2, 0.25) is 10.0 Å². The van der Waals surface area contributed by atoms with E-state index in [0.717, 1.165) is 4.47 Å². The van der Waals surface area contributed by atoms with Gasteiger partial charge in [-0.25, -0.2) is 0 Å². The summed E-state index contributed by atoms with van der Waals surface area (Å²) in [6.45, 7) is 0.167. The van der Waals surface area contributed by atoms with Crippen molar-refractivity contribution < 1.29 is 13.6 Å². The number of carbonyl (C=O) groups excluding carboxylic acids is 1. The SMILES string of the molecule is O=C1c2oc3ccc(Br)cc3c(=O)c2C(c2ccc(Cl)c(Cl)c2)N1Cc1ccco1. The Balaban J connectivity index is 1.77. The Morgan fingerprint density at radius 1 is 1.03 bits per heavy atom. The number of fused-ring (bicyclic) bond motifs is 2. The number of amides is 1. The Labute approximate surface area is 188 Å². The predicted molar refractivity (Wildman–Crippen MR) is 117 cm³/mol. The maximum atomic E-state index is 13.5. The molecule has 2 aromatic carbocycles. The summed E-state index contributed by atoms with van der Waals surface area (Å²) >= 11 is 15.7. The second-order valence-corrected chi connectivity index (χ2v) is 8.63. The van der Waals surface area contributed by atoms with Crippen molar-refractivity contribution in [3.05, 3.63) is 102 Å². The minimum absolute atomic E-state index is 0.0254. The van der Waals surface area contributed by atoms with E-state index in [1.165, 1.54) is 6.26 Å². The van der Waals surface area contributed by atoms with E-state index in [2.05, 4.69) is 15.9 Å². The Kier molecular flexibility index (Phi) is 4.73. The van der Waals surface area contributed by atoms with Gasteiger partial charge in [0.1, 0.15) is 11.3 Å². The quantitative estimate of drug-likeness (QED) is 0.333. The van der Waals surface area contributed by atoms with E-state index in [-0.39, 0.29) is 29.2 Å². The number of hydrogen-bond acceptors (Lipinski definition) is 4. The summed E-state index contributed by atoms with van der Waals surface area (Å²) in [6.07, 6.45) is 1.53. The first kappa shape index (κ1) is 19.4. The predicted octanol–water partition coefficient (Wildman–Crippen LogP) is 6.20. The van der Waals surface area contributed by atoms with Crippen LogP contribution in [0.5, 0.6) is 0 Å². The molecule has 1 unspecified atom stereocenters. The molecule has 0 saturated carbocycles. The average molecular weight is 505 g/mol. The van der Waals surface area contributed by atoms with Crippen molar-refractivity contribution in [2.75, 3.05) is 0 Å². The number of hydrogen-bond donors (Lipinski definition) is 0. The van der Waals surface area contributed by atoms with Crippen molar-refractivity contribution in [3.8, 4) is 0 Å². The molecule has 0 spiro atoms. The first-order valence-electron chi connectivity index (χ1n) is 8.98. The second-order valence-electron chi connectivity index (χ2n) is 6.90. The van der Waals surface area contributed by atoms with Gasteiger partial charge in [-0.15, -0.1) is 0 Å². The van der Waals surface area contributed by atoms with Gasteiger partial charge in [0.25, 0.3) is 5.91 Å². The molecule has 8 heteroatoms. The van der Waals surface area contributed by atoms with E-state index in [4.69, 9.17) is 32.0 Å². The Morgan fingerprint density at radius 2 is 1.87 bits per heavy atom. The zero-order chi connectivity index (χ0) is 21.0. The maximum absolute atomic E-state index is 13.5. The number of nitrogens with zero attached hydrogens (tertiary/aromatic N) is 1. The van der Waals surface area contributed by atoms with Crippen LogP contribution >= 0.6 is 39.1 Å². The van der Waals surface area contributed by atoms with Crippen LogP contribution in [0, 0.1) is 0 Å². The van der Waals surface area contributed by atoms with Crippen molar-refractivity contribution in [1.29, 1.82) is 0 Å². The Morgan fingerprint density at radius 3 is 2.60 bits per heavy atom. The second kappa shape index (κ2) is 7.30. The number of furan rings is 1. The fourth-order valence-electron chi connectivity index (χ4n) is 3.76. The van der Waals surface area contributed by atoms with E-state index >= 15 is 0 Å². The fraction of sp³-hybridized carbons (Fsp3) is 0.0909. The van der Waals surface area contributed by atoms with Gasteiger partial charge in [0.05, 0.1) is 39.8 Å². The molecule has 1 atom stereocenters. The van der Waals surface area contributed by atoms with Crippen molar-refractivity contribution in [3.63, 3.8) is 0 Å². The summed E-state index contributed by atoms with van der Waals surface area (Å²) in [6, 6.07) is 13.0. The standard InChI is InChI=1S/C22H12BrCl2NO4/c23-12-4-6-17-14(9-12)20(27)18-19(11-3-5-15(24)16(25)8-11)26(22(28)21(18)30-17)10-13-2-1-7-29-13/h1-9,19H,10H2. The lowest BCUT2D eigenvalue weighted by molar-refractivity contribution is 0.0701. The van der Waals surface area contributed by atoms with Crippen LogP contribution in [-0.4, -0.2) is 10.8 Å². The Hall–Kier alpha value is -2.54. The summed E-state index contributed by atoms with van der Waals surface area (Å²) < 4.78 is 12.1. The highest BCUT2D eigenvalue weighted by atomic mass is 79.9. The minimum atomic E-state index is -0.688. The van der Waals surface area contributed by atoms with Gasteiger partial charge in [-0.1, -0.05) is 45.2 Å². The smallest absolute Gasteiger partial charge is 0.291 e. The molecule has 1 aliphatic heterocycles. The van der Waals surface area contributed by atoms with Gasteiger partial charge >= 0.3 is 0 Å². The summed E-state index contributed by atoms with van der Waals surface area (Å²) in [5.74, 6) is 0.220. The van der Waals surface area contributed by atoms with E-state index in [1.54, 1.807) is 53.4 Å². The maximum Gasteiger partial charge on any atom is 0.291 e. The zero-order valence-electron chi connectivity index (χ0n) is 15.2. The largest absolute Gasteiger partial charge is 0.467 e. The number of rotatable bonds is 3. The lowest BCUT2D eigenvalue weighted by atomic mass is 9.98. The van der Waals surface area contributed by atoms with E-state index in [0.29, 0.717) is 32.3 Å². The van der Waals surface area contributed by atoms with E-state index in [1.807, 2.05) is 0 Å². The molecule has 0 radical (unpaired) electrons. The van der Waals surface area contributed by atoms with Gasteiger partial charge in [-0.2, -0.15) is 0 Å². The molecular weight excluding hydrogens is 493 g/mol. The van der Waals surface area contributed by atoms with Crippen LogP contribution in [0.15, 0.2) is 72.9 Å². The highest BCUT2D eigenvalue weighted by molar-refractivity contribution is 9.10. The van der Waals surface area contributed by atoms with Gasteiger partial charge in [-0.3, -0.25) is 9.59 Å². The molecule has 30 heavy (non-hydrogen) atoms. The van der Waals surface area contributed by atoms with Crippen molar-refractivity contribution in [2.24, 2.45) is 0 Å². The molecule has 1 aliphatic rings. The van der Waals surface area contributed by atoms with Crippen LogP contribution in [0.25, 0.3) is 11.0 Å². The summed E-state index contributed by atoms with van der Waals surface area (Å²) in [7, 11) is 0.